The van der Waals surface area contributed by atoms with Gasteiger partial charge in [-0.3, -0.25) is 19.3 Å². The summed E-state index contributed by atoms with van der Waals surface area (Å²) in [7, 11) is -1.60. The number of aromatic nitrogens is 3. The number of carbonyl (C=O) groups is 2. The molecule has 12 heteroatoms. The van der Waals surface area contributed by atoms with Crippen LogP contribution in [0.15, 0.2) is 79.1 Å². The number of carbonyl (C=O) groups excluding carboxylic acids is 2. The van der Waals surface area contributed by atoms with Gasteiger partial charge < -0.3 is 14.9 Å². The summed E-state index contributed by atoms with van der Waals surface area (Å²) in [5.41, 5.74) is 1.76. The zero-order valence-corrected chi connectivity index (χ0v) is 22.1. The van der Waals surface area contributed by atoms with Gasteiger partial charge in [0.15, 0.2) is 11.5 Å². The number of halogens is 1. The Bertz CT molecular complexity index is 1550. The number of anilines is 1. The second-order valence-electron chi connectivity index (χ2n) is 9.09. The lowest BCUT2D eigenvalue weighted by Gasteiger charge is -2.35. The molecule has 0 radical (unpaired) electrons. The topological polar surface area (TPSA) is 129 Å². The average Bonchev–Trinajstić information content (AvgIpc) is 2.97. The SMILES string of the molecule is O=C(NS(=O)Cc1ccccc1)c1ccc(N2CCN(C(=O)c3ccc(-c4cncc(O)c4)c(F)c3)CC2)nn1. The summed E-state index contributed by atoms with van der Waals surface area (Å²) in [6.45, 7) is 1.73. The number of nitrogens with one attached hydrogen (secondary N) is 1. The number of hydrogen-bond donors (Lipinski definition) is 2. The number of aromatic hydroxyl groups is 1. The molecule has 204 valence electrons. The zero-order valence-electron chi connectivity index (χ0n) is 21.2. The third-order valence-electron chi connectivity index (χ3n) is 6.37. The molecule has 0 bridgehead atoms. The van der Waals surface area contributed by atoms with E-state index in [1.165, 1.54) is 36.7 Å². The molecule has 1 aliphatic heterocycles. The Kier molecular flexibility index (Phi) is 8.06. The minimum absolute atomic E-state index is 0.0472. The van der Waals surface area contributed by atoms with Crippen LogP contribution in [0, 0.1) is 5.82 Å². The lowest BCUT2D eigenvalue weighted by Crippen LogP contribution is -2.49. The second kappa shape index (κ2) is 12.0. The van der Waals surface area contributed by atoms with Crippen molar-refractivity contribution < 1.29 is 23.3 Å². The van der Waals surface area contributed by atoms with E-state index in [1.54, 1.807) is 17.0 Å². The van der Waals surface area contributed by atoms with Gasteiger partial charge in [-0.2, -0.15) is 0 Å². The van der Waals surface area contributed by atoms with Crippen molar-refractivity contribution in [3.05, 3.63) is 102 Å². The minimum Gasteiger partial charge on any atom is -0.506 e. The highest BCUT2D eigenvalue weighted by Crippen LogP contribution is 2.26. The van der Waals surface area contributed by atoms with Crippen LogP contribution >= 0.6 is 0 Å². The van der Waals surface area contributed by atoms with E-state index >= 15 is 0 Å². The van der Waals surface area contributed by atoms with Gasteiger partial charge in [0.05, 0.1) is 11.9 Å². The van der Waals surface area contributed by atoms with E-state index in [1.807, 2.05) is 35.2 Å². The van der Waals surface area contributed by atoms with Crippen molar-refractivity contribution in [2.24, 2.45) is 0 Å². The van der Waals surface area contributed by atoms with Gasteiger partial charge in [-0.1, -0.05) is 36.4 Å². The summed E-state index contributed by atoms with van der Waals surface area (Å²) >= 11 is 0. The Morgan fingerprint density at radius 3 is 2.40 bits per heavy atom. The van der Waals surface area contributed by atoms with Crippen molar-refractivity contribution in [2.45, 2.75) is 5.75 Å². The standard InChI is InChI=1S/C28H25FN6O4S/c29-24-15-20(6-7-23(24)21-14-22(36)17-30-16-21)28(38)35-12-10-34(11-13-35)26-9-8-25(31-32-26)27(37)33-40(39)18-19-4-2-1-3-5-19/h1-9,14-17,36H,10-13,18H2,(H,33,37). The van der Waals surface area contributed by atoms with E-state index in [9.17, 15) is 23.3 Å². The van der Waals surface area contributed by atoms with Crippen molar-refractivity contribution in [3.63, 3.8) is 0 Å². The van der Waals surface area contributed by atoms with E-state index in [2.05, 4.69) is 19.9 Å². The number of nitrogens with zero attached hydrogens (tertiary/aromatic N) is 5. The number of piperazine rings is 1. The number of rotatable bonds is 7. The van der Waals surface area contributed by atoms with Gasteiger partial charge in [0.25, 0.3) is 11.8 Å². The second-order valence-corrected chi connectivity index (χ2v) is 10.3. The first-order valence-corrected chi connectivity index (χ1v) is 13.7. The molecule has 2 amide bonds. The molecule has 2 aromatic carbocycles. The van der Waals surface area contributed by atoms with Gasteiger partial charge in [-0.05, 0) is 35.9 Å². The molecule has 2 aromatic heterocycles. The maximum Gasteiger partial charge on any atom is 0.283 e. The van der Waals surface area contributed by atoms with Crippen LogP contribution in [0.3, 0.4) is 0 Å². The van der Waals surface area contributed by atoms with Gasteiger partial charge in [0, 0.05) is 49.1 Å². The molecular formula is C28H25FN6O4S. The number of pyridine rings is 1. The van der Waals surface area contributed by atoms with Crippen LogP contribution in [-0.4, -0.2) is 67.4 Å². The molecular weight excluding hydrogens is 535 g/mol. The molecule has 0 saturated carbocycles. The van der Waals surface area contributed by atoms with E-state index in [4.69, 9.17) is 0 Å². The highest BCUT2D eigenvalue weighted by molar-refractivity contribution is 7.82. The van der Waals surface area contributed by atoms with Crippen LogP contribution in [0.1, 0.15) is 26.4 Å². The smallest absolute Gasteiger partial charge is 0.283 e. The fraction of sp³-hybridized carbons (Fsp3) is 0.179. The molecule has 10 nitrogen and oxygen atoms in total. The third-order valence-corrected chi connectivity index (χ3v) is 7.38. The molecule has 0 spiro atoms. The molecule has 1 aliphatic rings. The summed E-state index contributed by atoms with van der Waals surface area (Å²) in [5.74, 6) is -0.798. The summed E-state index contributed by atoms with van der Waals surface area (Å²) in [6.07, 6.45) is 2.70. The maximum absolute atomic E-state index is 14.8. The molecule has 1 fully saturated rings. The number of amides is 2. The summed E-state index contributed by atoms with van der Waals surface area (Å²) in [4.78, 5) is 32.9. The fourth-order valence-corrected chi connectivity index (χ4v) is 5.19. The van der Waals surface area contributed by atoms with Crippen molar-refractivity contribution >= 4 is 28.6 Å². The van der Waals surface area contributed by atoms with Crippen molar-refractivity contribution in [2.75, 3.05) is 31.1 Å². The van der Waals surface area contributed by atoms with Crippen LogP contribution in [0.2, 0.25) is 0 Å². The Morgan fingerprint density at radius 2 is 1.73 bits per heavy atom. The lowest BCUT2D eigenvalue weighted by molar-refractivity contribution is 0.0745. The predicted octanol–water partition coefficient (Wildman–Crippen LogP) is 2.94. The normalized spacial score (nSPS) is 14.0. The van der Waals surface area contributed by atoms with Gasteiger partial charge in [0.2, 0.25) is 0 Å². The molecule has 2 N–H and O–H groups in total. The summed E-state index contributed by atoms with van der Waals surface area (Å²) < 4.78 is 29.5. The van der Waals surface area contributed by atoms with Gasteiger partial charge in [-0.15, -0.1) is 10.2 Å². The first kappa shape index (κ1) is 26.9. The highest BCUT2D eigenvalue weighted by Gasteiger charge is 2.24. The van der Waals surface area contributed by atoms with Gasteiger partial charge in [-0.25, -0.2) is 8.60 Å². The quantitative estimate of drug-likeness (QED) is 0.353. The maximum atomic E-state index is 14.8. The van der Waals surface area contributed by atoms with Gasteiger partial charge >= 0.3 is 0 Å². The monoisotopic (exact) mass is 560 g/mol. The lowest BCUT2D eigenvalue weighted by atomic mass is 10.0. The van der Waals surface area contributed by atoms with Crippen molar-refractivity contribution in [1.29, 1.82) is 0 Å². The minimum atomic E-state index is -1.60. The molecule has 1 saturated heterocycles. The van der Waals surface area contributed by atoms with Crippen molar-refractivity contribution in [1.82, 2.24) is 24.8 Å². The fourth-order valence-electron chi connectivity index (χ4n) is 4.31. The van der Waals surface area contributed by atoms with E-state index in [-0.39, 0.29) is 34.2 Å². The molecule has 5 rings (SSSR count). The first-order chi connectivity index (χ1) is 19.4. The van der Waals surface area contributed by atoms with Crippen LogP contribution in [0.5, 0.6) is 5.75 Å². The van der Waals surface area contributed by atoms with Crippen LogP contribution in [0.25, 0.3) is 11.1 Å². The molecule has 4 aromatic rings. The average molecular weight is 561 g/mol. The summed E-state index contributed by atoms with van der Waals surface area (Å²) in [5, 5.41) is 17.7. The Labute approximate surface area is 232 Å². The largest absolute Gasteiger partial charge is 0.506 e. The Hall–Kier alpha value is -4.71. The highest BCUT2D eigenvalue weighted by atomic mass is 32.2. The number of benzene rings is 2. The van der Waals surface area contributed by atoms with Crippen LogP contribution in [-0.2, 0) is 16.7 Å². The molecule has 1 atom stereocenters. The van der Waals surface area contributed by atoms with Crippen LogP contribution < -0.4 is 9.62 Å². The van der Waals surface area contributed by atoms with Crippen LogP contribution in [0.4, 0.5) is 10.2 Å². The van der Waals surface area contributed by atoms with Crippen molar-refractivity contribution in [3.8, 4) is 16.9 Å². The van der Waals surface area contributed by atoms with E-state index in [0.717, 1.165) is 5.56 Å². The number of hydrogen-bond acceptors (Lipinski definition) is 8. The van der Waals surface area contributed by atoms with E-state index in [0.29, 0.717) is 37.6 Å². The van der Waals surface area contributed by atoms with Gasteiger partial charge in [0.1, 0.15) is 22.6 Å². The molecule has 1 unspecified atom stereocenters. The zero-order chi connectivity index (χ0) is 28.1. The molecule has 0 aliphatic carbocycles. The van der Waals surface area contributed by atoms with E-state index < -0.39 is 22.7 Å². The Morgan fingerprint density at radius 1 is 0.950 bits per heavy atom. The third kappa shape index (κ3) is 6.29. The Balaban J connectivity index is 1.15. The molecule has 40 heavy (non-hydrogen) atoms. The first-order valence-electron chi connectivity index (χ1n) is 12.4. The summed E-state index contributed by atoms with van der Waals surface area (Å²) in [6, 6.07) is 18.0. The molecule has 3 heterocycles. The predicted molar refractivity (Wildman–Crippen MR) is 147 cm³/mol.